The van der Waals surface area contributed by atoms with E-state index in [-0.39, 0.29) is 23.2 Å². The van der Waals surface area contributed by atoms with Crippen molar-refractivity contribution in [3.63, 3.8) is 0 Å². The number of hydrogen-bond donors (Lipinski definition) is 3. The summed E-state index contributed by atoms with van der Waals surface area (Å²) < 4.78 is 28.3. The van der Waals surface area contributed by atoms with E-state index in [0.29, 0.717) is 11.4 Å². The SMILES string of the molecule is Cc1nc(CC(=O)NNC(=S)Nc2ccc(OC(F)F)cc2)cs1. The molecule has 3 N–H and O–H groups in total. The standard InChI is InChI=1S/C14H14F2N4O2S2/c1-8-17-10(7-24-8)6-12(21)19-20-14(23)18-9-2-4-11(5-3-9)22-13(15)16/h2-5,7,13H,6H2,1H3,(H,19,21)(H2,18,20,23). The second kappa shape index (κ2) is 8.50. The molecule has 0 spiro atoms. The van der Waals surface area contributed by atoms with Crippen LogP contribution in [0.1, 0.15) is 10.7 Å². The van der Waals surface area contributed by atoms with Gasteiger partial charge in [0.05, 0.1) is 17.1 Å². The van der Waals surface area contributed by atoms with Crippen LogP contribution in [-0.4, -0.2) is 22.6 Å². The highest BCUT2D eigenvalue weighted by Gasteiger charge is 2.07. The van der Waals surface area contributed by atoms with Crippen molar-refractivity contribution in [3.05, 3.63) is 40.3 Å². The molecule has 0 aliphatic rings. The van der Waals surface area contributed by atoms with Crippen LogP contribution in [0.4, 0.5) is 14.5 Å². The molecule has 0 saturated heterocycles. The van der Waals surface area contributed by atoms with Gasteiger partial charge in [0.15, 0.2) is 5.11 Å². The first-order valence-corrected chi connectivity index (χ1v) is 8.03. The van der Waals surface area contributed by atoms with Crippen LogP contribution >= 0.6 is 23.6 Å². The third-order valence-corrected chi connectivity index (χ3v) is 3.69. The highest BCUT2D eigenvalue weighted by atomic mass is 32.1. The Morgan fingerprint density at radius 3 is 2.62 bits per heavy atom. The van der Waals surface area contributed by atoms with E-state index in [0.717, 1.165) is 5.01 Å². The molecule has 1 amide bonds. The summed E-state index contributed by atoms with van der Waals surface area (Å²) in [5, 5.41) is 5.65. The average Bonchev–Trinajstić information content (AvgIpc) is 2.92. The first-order chi connectivity index (χ1) is 11.4. The zero-order valence-electron chi connectivity index (χ0n) is 12.5. The Labute approximate surface area is 146 Å². The molecule has 0 aliphatic carbocycles. The number of alkyl halides is 2. The van der Waals surface area contributed by atoms with Crippen LogP contribution in [0.2, 0.25) is 0 Å². The van der Waals surface area contributed by atoms with Crippen LogP contribution < -0.4 is 20.9 Å². The molecule has 0 radical (unpaired) electrons. The summed E-state index contributed by atoms with van der Waals surface area (Å²) in [5.74, 6) is -0.244. The second-order valence-electron chi connectivity index (χ2n) is 4.56. The van der Waals surface area contributed by atoms with Crippen LogP contribution in [0.3, 0.4) is 0 Å². The van der Waals surface area contributed by atoms with Crippen LogP contribution in [0.15, 0.2) is 29.6 Å². The molecule has 0 saturated carbocycles. The Balaban J connectivity index is 1.75. The van der Waals surface area contributed by atoms with Gasteiger partial charge >= 0.3 is 6.61 Å². The third kappa shape index (κ3) is 6.05. The molecule has 10 heteroatoms. The lowest BCUT2D eigenvalue weighted by Gasteiger charge is -2.12. The van der Waals surface area contributed by atoms with Gasteiger partial charge in [-0.05, 0) is 43.4 Å². The van der Waals surface area contributed by atoms with E-state index in [1.54, 1.807) is 0 Å². The van der Waals surface area contributed by atoms with E-state index < -0.39 is 6.61 Å². The van der Waals surface area contributed by atoms with Gasteiger partial charge in [-0.2, -0.15) is 8.78 Å². The van der Waals surface area contributed by atoms with Crippen LogP contribution in [0.5, 0.6) is 5.75 Å². The fourth-order valence-corrected chi connectivity index (χ4v) is 2.49. The third-order valence-electron chi connectivity index (χ3n) is 2.66. The number of amides is 1. The molecule has 2 aromatic rings. The largest absolute Gasteiger partial charge is 0.435 e. The Morgan fingerprint density at radius 1 is 1.33 bits per heavy atom. The zero-order chi connectivity index (χ0) is 17.5. The van der Waals surface area contributed by atoms with Gasteiger partial charge in [-0.15, -0.1) is 11.3 Å². The summed E-state index contributed by atoms with van der Waals surface area (Å²) in [7, 11) is 0. The summed E-state index contributed by atoms with van der Waals surface area (Å²) in [6.45, 7) is -1.01. The number of hydrazine groups is 1. The van der Waals surface area contributed by atoms with Crippen molar-refractivity contribution in [1.82, 2.24) is 15.8 Å². The Kier molecular flexibility index (Phi) is 6.38. The van der Waals surface area contributed by atoms with Crippen molar-refractivity contribution < 1.29 is 18.3 Å². The van der Waals surface area contributed by atoms with E-state index in [1.165, 1.54) is 35.6 Å². The van der Waals surface area contributed by atoms with Gasteiger partial charge in [0, 0.05) is 11.1 Å². The number of anilines is 1. The molecule has 6 nitrogen and oxygen atoms in total. The van der Waals surface area contributed by atoms with Gasteiger partial charge in [-0.1, -0.05) is 0 Å². The number of thiocarbonyl (C=S) groups is 1. The Morgan fingerprint density at radius 2 is 2.04 bits per heavy atom. The lowest BCUT2D eigenvalue weighted by molar-refractivity contribution is -0.121. The number of nitrogens with zero attached hydrogens (tertiary/aromatic N) is 1. The van der Waals surface area contributed by atoms with Crippen molar-refractivity contribution in [3.8, 4) is 5.75 Å². The number of carbonyl (C=O) groups is 1. The molecule has 1 heterocycles. The van der Waals surface area contributed by atoms with Gasteiger partial charge in [-0.25, -0.2) is 4.98 Å². The van der Waals surface area contributed by atoms with E-state index in [4.69, 9.17) is 12.2 Å². The van der Waals surface area contributed by atoms with E-state index in [9.17, 15) is 13.6 Å². The maximum Gasteiger partial charge on any atom is 0.387 e. The summed E-state index contributed by atoms with van der Waals surface area (Å²) in [5.41, 5.74) is 6.24. The highest BCUT2D eigenvalue weighted by Crippen LogP contribution is 2.17. The number of nitrogens with one attached hydrogen (secondary N) is 3. The van der Waals surface area contributed by atoms with Crippen molar-refractivity contribution >= 4 is 40.3 Å². The van der Waals surface area contributed by atoms with Gasteiger partial charge in [-0.3, -0.25) is 15.6 Å². The number of carbonyl (C=O) groups excluding carboxylic acids is 1. The highest BCUT2D eigenvalue weighted by molar-refractivity contribution is 7.80. The number of aromatic nitrogens is 1. The predicted octanol–water partition coefficient (Wildman–Crippen LogP) is 2.61. The minimum atomic E-state index is -2.87. The van der Waals surface area contributed by atoms with Crippen molar-refractivity contribution in [2.24, 2.45) is 0 Å². The molecule has 0 bridgehead atoms. The van der Waals surface area contributed by atoms with Gasteiger partial charge in [0.2, 0.25) is 5.91 Å². The molecule has 0 fully saturated rings. The van der Waals surface area contributed by atoms with Gasteiger partial charge in [0.1, 0.15) is 5.75 Å². The minimum absolute atomic E-state index is 0.0429. The summed E-state index contributed by atoms with van der Waals surface area (Å²) in [6.07, 6.45) is 0.139. The van der Waals surface area contributed by atoms with Crippen molar-refractivity contribution in [1.29, 1.82) is 0 Å². The first kappa shape index (κ1) is 18.0. The van der Waals surface area contributed by atoms with Crippen LogP contribution in [0, 0.1) is 6.92 Å². The average molecular weight is 372 g/mol. The number of halogens is 2. The van der Waals surface area contributed by atoms with E-state index in [2.05, 4.69) is 25.9 Å². The molecule has 0 atom stereocenters. The number of hydrogen-bond acceptors (Lipinski definition) is 5. The monoisotopic (exact) mass is 372 g/mol. The summed E-state index contributed by atoms with van der Waals surface area (Å²) >= 11 is 6.49. The molecule has 2 rings (SSSR count). The van der Waals surface area contributed by atoms with Crippen LogP contribution in [0.25, 0.3) is 0 Å². The van der Waals surface area contributed by atoms with Gasteiger partial charge in [0.25, 0.3) is 0 Å². The Hall–Kier alpha value is -2.33. The fraction of sp³-hybridized carbons (Fsp3) is 0.214. The lowest BCUT2D eigenvalue weighted by Crippen LogP contribution is -2.44. The molecule has 0 aliphatic heterocycles. The second-order valence-corrected chi connectivity index (χ2v) is 6.04. The molecule has 1 aromatic carbocycles. The summed E-state index contributed by atoms with van der Waals surface area (Å²) in [6, 6.07) is 5.79. The minimum Gasteiger partial charge on any atom is -0.435 e. The van der Waals surface area contributed by atoms with Crippen molar-refractivity contribution in [2.75, 3.05) is 5.32 Å². The number of benzene rings is 1. The Bertz CT molecular complexity index is 707. The molecular weight excluding hydrogens is 358 g/mol. The molecule has 0 unspecified atom stereocenters. The van der Waals surface area contributed by atoms with Gasteiger partial charge < -0.3 is 10.1 Å². The number of rotatable bonds is 5. The predicted molar refractivity (Wildman–Crippen MR) is 91.1 cm³/mol. The topological polar surface area (TPSA) is 75.3 Å². The molecule has 128 valence electrons. The normalized spacial score (nSPS) is 10.3. The zero-order valence-corrected chi connectivity index (χ0v) is 14.1. The lowest BCUT2D eigenvalue weighted by atomic mass is 10.3. The number of ether oxygens (including phenoxy) is 1. The van der Waals surface area contributed by atoms with Crippen LogP contribution in [-0.2, 0) is 11.2 Å². The first-order valence-electron chi connectivity index (χ1n) is 6.74. The molecule has 1 aromatic heterocycles. The maximum absolute atomic E-state index is 12.1. The quantitative estimate of drug-likeness (QED) is 0.553. The number of thiazole rings is 1. The van der Waals surface area contributed by atoms with E-state index in [1.807, 2.05) is 12.3 Å². The smallest absolute Gasteiger partial charge is 0.387 e. The fourth-order valence-electron chi connectivity index (χ4n) is 1.71. The molecule has 24 heavy (non-hydrogen) atoms. The maximum atomic E-state index is 12.1. The number of aryl methyl sites for hydroxylation is 1. The summed E-state index contributed by atoms with van der Waals surface area (Å²) in [4.78, 5) is 15.9. The van der Waals surface area contributed by atoms with E-state index >= 15 is 0 Å². The molecular formula is C14H14F2N4O2S2. The van der Waals surface area contributed by atoms with Crippen molar-refractivity contribution in [2.45, 2.75) is 20.0 Å².